The maximum absolute atomic E-state index is 11.6. The van der Waals surface area contributed by atoms with E-state index in [0.29, 0.717) is 18.2 Å². The fourth-order valence-corrected chi connectivity index (χ4v) is 1.93. The van der Waals surface area contributed by atoms with Gasteiger partial charge in [-0.1, -0.05) is 18.5 Å². The third-order valence-corrected chi connectivity index (χ3v) is 3.03. The smallest absolute Gasteiger partial charge is 0.271 e. The maximum atomic E-state index is 11.6. The number of carbonyl (C=O) groups excluding carboxylic acids is 1. The Morgan fingerprint density at radius 3 is 2.88 bits per heavy atom. The zero-order valence-electron chi connectivity index (χ0n) is 9.24. The summed E-state index contributed by atoms with van der Waals surface area (Å²) >= 11 is 7.34. The van der Waals surface area contributed by atoms with E-state index < -0.39 is 0 Å². The van der Waals surface area contributed by atoms with Crippen molar-refractivity contribution >= 4 is 29.3 Å². The van der Waals surface area contributed by atoms with Crippen LogP contribution in [0.15, 0.2) is 12.1 Å². The number of hydrogen-bond acceptors (Lipinski definition) is 4. The predicted molar refractivity (Wildman–Crippen MR) is 66.9 cm³/mol. The molecule has 1 aromatic heterocycles. The zero-order chi connectivity index (χ0) is 12.0. The van der Waals surface area contributed by atoms with Gasteiger partial charge in [0.1, 0.15) is 0 Å². The van der Waals surface area contributed by atoms with Gasteiger partial charge in [0.25, 0.3) is 5.91 Å². The van der Waals surface area contributed by atoms with Crippen LogP contribution in [0.2, 0.25) is 5.15 Å². The molecule has 0 fully saturated rings. The number of rotatable bonds is 5. The number of thioether (sulfide) groups is 1. The van der Waals surface area contributed by atoms with E-state index in [-0.39, 0.29) is 11.1 Å². The largest absolute Gasteiger partial charge is 0.350 e. The normalized spacial score (nSPS) is 12.2. The fraction of sp³-hybridized carbons (Fsp3) is 0.500. The van der Waals surface area contributed by atoms with Gasteiger partial charge >= 0.3 is 0 Å². The average molecular weight is 260 g/mol. The topological polar surface area (TPSA) is 54.9 Å². The third kappa shape index (κ3) is 4.37. The number of nitrogens with zero attached hydrogens (tertiary/aromatic N) is 2. The Labute approximate surface area is 104 Å². The lowest BCUT2D eigenvalue weighted by atomic mass is 10.2. The van der Waals surface area contributed by atoms with Crippen LogP contribution in [0.25, 0.3) is 0 Å². The Kier molecular flexibility index (Phi) is 5.55. The standard InChI is InChI=1S/C10H14ClN3OS/c1-7(6-16-2)5-12-10(15)8-3-4-9(11)14-13-8/h3-4,7H,5-6H2,1-2H3,(H,12,15). The van der Waals surface area contributed by atoms with Gasteiger partial charge in [0.2, 0.25) is 0 Å². The van der Waals surface area contributed by atoms with Gasteiger partial charge < -0.3 is 5.32 Å². The number of carbonyl (C=O) groups is 1. The molecule has 0 radical (unpaired) electrons. The molecule has 0 saturated carbocycles. The van der Waals surface area contributed by atoms with Gasteiger partial charge in [-0.3, -0.25) is 4.79 Å². The quantitative estimate of drug-likeness (QED) is 0.877. The molecule has 0 aliphatic heterocycles. The highest BCUT2D eigenvalue weighted by molar-refractivity contribution is 7.98. The van der Waals surface area contributed by atoms with Crippen LogP contribution in [0.4, 0.5) is 0 Å². The number of halogens is 1. The summed E-state index contributed by atoms with van der Waals surface area (Å²) in [5, 5.41) is 10.4. The van der Waals surface area contributed by atoms with E-state index in [1.165, 1.54) is 0 Å². The van der Waals surface area contributed by atoms with E-state index in [0.717, 1.165) is 5.75 Å². The van der Waals surface area contributed by atoms with Crippen molar-refractivity contribution in [2.75, 3.05) is 18.6 Å². The molecule has 0 aliphatic carbocycles. The molecular formula is C10H14ClN3OS. The van der Waals surface area contributed by atoms with E-state index in [1.807, 2.05) is 6.26 Å². The number of amides is 1. The molecule has 0 saturated heterocycles. The summed E-state index contributed by atoms with van der Waals surface area (Å²) in [6, 6.07) is 3.11. The van der Waals surface area contributed by atoms with Gasteiger partial charge in [-0.2, -0.15) is 11.8 Å². The van der Waals surface area contributed by atoms with Crippen molar-refractivity contribution < 1.29 is 4.79 Å². The van der Waals surface area contributed by atoms with Crippen molar-refractivity contribution in [2.45, 2.75) is 6.92 Å². The summed E-state index contributed by atoms with van der Waals surface area (Å²) in [5.74, 6) is 1.25. The molecule has 0 aliphatic rings. The molecule has 1 unspecified atom stereocenters. The van der Waals surface area contributed by atoms with Crippen LogP contribution >= 0.6 is 23.4 Å². The summed E-state index contributed by atoms with van der Waals surface area (Å²) in [6.45, 7) is 2.73. The van der Waals surface area contributed by atoms with Crippen molar-refractivity contribution in [1.82, 2.24) is 15.5 Å². The summed E-state index contributed by atoms with van der Waals surface area (Å²) in [4.78, 5) is 11.6. The van der Waals surface area contributed by atoms with Gasteiger partial charge in [-0.25, -0.2) is 0 Å². The molecule has 0 spiro atoms. The van der Waals surface area contributed by atoms with E-state index in [4.69, 9.17) is 11.6 Å². The van der Waals surface area contributed by atoms with Crippen LogP contribution in [0.3, 0.4) is 0 Å². The Bertz CT molecular complexity index is 344. The molecule has 1 aromatic rings. The number of nitrogens with one attached hydrogen (secondary N) is 1. The van der Waals surface area contributed by atoms with E-state index in [1.54, 1.807) is 23.9 Å². The number of hydrogen-bond donors (Lipinski definition) is 1. The van der Waals surface area contributed by atoms with Crippen LogP contribution in [0.5, 0.6) is 0 Å². The molecule has 6 heteroatoms. The summed E-state index contributed by atoms with van der Waals surface area (Å²) < 4.78 is 0. The molecule has 16 heavy (non-hydrogen) atoms. The molecule has 1 rings (SSSR count). The lowest BCUT2D eigenvalue weighted by Gasteiger charge is -2.10. The highest BCUT2D eigenvalue weighted by atomic mass is 35.5. The number of aromatic nitrogens is 2. The van der Waals surface area contributed by atoms with E-state index >= 15 is 0 Å². The first-order valence-corrected chi connectivity index (χ1v) is 6.67. The molecular weight excluding hydrogens is 246 g/mol. The molecule has 1 atom stereocenters. The maximum Gasteiger partial charge on any atom is 0.271 e. The lowest BCUT2D eigenvalue weighted by Crippen LogP contribution is -2.29. The molecule has 1 heterocycles. The van der Waals surface area contributed by atoms with Crippen molar-refractivity contribution in [2.24, 2.45) is 5.92 Å². The summed E-state index contributed by atoms with van der Waals surface area (Å²) in [7, 11) is 0. The van der Waals surface area contributed by atoms with Gasteiger partial charge in [-0.15, -0.1) is 10.2 Å². The fourth-order valence-electron chi connectivity index (χ4n) is 1.14. The Morgan fingerprint density at radius 2 is 2.31 bits per heavy atom. The van der Waals surface area contributed by atoms with Gasteiger partial charge in [0.15, 0.2) is 10.8 Å². The van der Waals surface area contributed by atoms with Gasteiger partial charge in [-0.05, 0) is 30.1 Å². The lowest BCUT2D eigenvalue weighted by molar-refractivity contribution is 0.0943. The van der Waals surface area contributed by atoms with Crippen molar-refractivity contribution in [3.63, 3.8) is 0 Å². The van der Waals surface area contributed by atoms with E-state index in [9.17, 15) is 4.79 Å². The van der Waals surface area contributed by atoms with Crippen molar-refractivity contribution in [3.8, 4) is 0 Å². The molecule has 0 aromatic carbocycles. The molecule has 88 valence electrons. The first-order chi connectivity index (χ1) is 7.63. The highest BCUT2D eigenvalue weighted by Crippen LogP contribution is 2.04. The Morgan fingerprint density at radius 1 is 1.56 bits per heavy atom. The first-order valence-electron chi connectivity index (χ1n) is 4.90. The highest BCUT2D eigenvalue weighted by Gasteiger charge is 2.09. The minimum Gasteiger partial charge on any atom is -0.350 e. The van der Waals surface area contributed by atoms with Crippen molar-refractivity contribution in [3.05, 3.63) is 23.0 Å². The summed E-state index contributed by atoms with van der Waals surface area (Å²) in [6.07, 6.45) is 2.04. The van der Waals surface area contributed by atoms with Crippen LogP contribution in [-0.4, -0.2) is 34.7 Å². The minimum absolute atomic E-state index is 0.211. The van der Waals surface area contributed by atoms with Crippen LogP contribution in [0.1, 0.15) is 17.4 Å². The Hall–Kier alpha value is -0.810. The minimum atomic E-state index is -0.211. The second kappa shape index (κ2) is 6.70. The first kappa shape index (κ1) is 13.3. The second-order valence-electron chi connectivity index (χ2n) is 3.51. The Balaban J connectivity index is 2.43. The van der Waals surface area contributed by atoms with E-state index in [2.05, 4.69) is 22.4 Å². The van der Waals surface area contributed by atoms with Crippen LogP contribution in [-0.2, 0) is 0 Å². The predicted octanol–water partition coefficient (Wildman–Crippen LogP) is 1.86. The van der Waals surface area contributed by atoms with Crippen LogP contribution < -0.4 is 5.32 Å². The SMILES string of the molecule is CSCC(C)CNC(=O)c1ccc(Cl)nn1. The molecule has 4 nitrogen and oxygen atoms in total. The molecule has 1 amide bonds. The van der Waals surface area contributed by atoms with Crippen molar-refractivity contribution in [1.29, 1.82) is 0 Å². The molecule has 0 bridgehead atoms. The van der Waals surface area contributed by atoms with Gasteiger partial charge in [0.05, 0.1) is 0 Å². The molecule has 1 N–H and O–H groups in total. The zero-order valence-corrected chi connectivity index (χ0v) is 10.8. The van der Waals surface area contributed by atoms with Gasteiger partial charge in [0, 0.05) is 6.54 Å². The monoisotopic (exact) mass is 259 g/mol. The third-order valence-electron chi connectivity index (χ3n) is 1.93. The second-order valence-corrected chi connectivity index (χ2v) is 4.81. The van der Waals surface area contributed by atoms with Crippen LogP contribution in [0, 0.1) is 5.92 Å². The summed E-state index contributed by atoms with van der Waals surface area (Å²) in [5.41, 5.74) is 0.292. The average Bonchev–Trinajstić information content (AvgIpc) is 2.27.